The Morgan fingerprint density at radius 1 is 1.00 bits per heavy atom. The van der Waals surface area contributed by atoms with Crippen LogP contribution in [-0.2, 0) is 10.2 Å². The van der Waals surface area contributed by atoms with E-state index in [-0.39, 0.29) is 11.8 Å². The highest BCUT2D eigenvalue weighted by atomic mass is 16.2. The van der Waals surface area contributed by atoms with E-state index >= 15 is 0 Å². The van der Waals surface area contributed by atoms with E-state index in [4.69, 9.17) is 4.98 Å². The standard InChI is InChI=1S/C28H28N6O/c1-32-11-13-34(14-12-32)25-10-8-19(17-29-25)26-20-9-7-18(15-23(20)30-31-26)22-16-28(22)21-5-3-4-6-24(21)33(2)27(28)35/h3-10,15,17,22H,11-14,16H2,1-2H3,(H,30,31). The normalized spacial score (nSPS) is 23.9. The van der Waals surface area contributed by atoms with E-state index in [0.29, 0.717) is 0 Å². The third-order valence-electron chi connectivity index (χ3n) is 8.23. The molecule has 1 amide bonds. The Morgan fingerprint density at radius 2 is 1.83 bits per heavy atom. The van der Waals surface area contributed by atoms with E-state index in [9.17, 15) is 4.79 Å². The number of nitrogens with one attached hydrogen (secondary N) is 1. The number of carbonyl (C=O) groups is 1. The molecule has 0 radical (unpaired) electrons. The van der Waals surface area contributed by atoms with Gasteiger partial charge in [-0.2, -0.15) is 5.10 Å². The second-order valence-electron chi connectivity index (χ2n) is 10.2. The molecule has 7 rings (SSSR count). The predicted octanol–water partition coefficient (Wildman–Crippen LogP) is 3.78. The molecular weight excluding hydrogens is 436 g/mol. The molecule has 4 aromatic rings. The maximum Gasteiger partial charge on any atom is 0.238 e. The summed E-state index contributed by atoms with van der Waals surface area (Å²) in [4.78, 5) is 24.5. The van der Waals surface area contributed by atoms with Crippen LogP contribution in [0, 0.1) is 0 Å². The van der Waals surface area contributed by atoms with Gasteiger partial charge in [0.25, 0.3) is 0 Å². The molecule has 3 aliphatic rings. The number of H-pyrrole nitrogens is 1. The predicted molar refractivity (Wildman–Crippen MR) is 138 cm³/mol. The second kappa shape index (κ2) is 7.39. The molecule has 2 fully saturated rings. The number of nitrogens with zero attached hydrogens (tertiary/aromatic N) is 5. The van der Waals surface area contributed by atoms with Crippen LogP contribution in [0.4, 0.5) is 11.5 Å². The number of hydrogen-bond acceptors (Lipinski definition) is 5. The van der Waals surface area contributed by atoms with Crippen molar-refractivity contribution >= 4 is 28.3 Å². The fourth-order valence-electron chi connectivity index (χ4n) is 6.09. The minimum absolute atomic E-state index is 0.196. The highest BCUT2D eigenvalue weighted by Crippen LogP contribution is 2.66. The summed E-state index contributed by atoms with van der Waals surface area (Å²) in [5.41, 5.74) is 5.89. The van der Waals surface area contributed by atoms with Gasteiger partial charge >= 0.3 is 0 Å². The number of piperazine rings is 1. The van der Waals surface area contributed by atoms with Gasteiger partial charge in [0.15, 0.2) is 0 Å². The summed E-state index contributed by atoms with van der Waals surface area (Å²) < 4.78 is 0. The van der Waals surface area contributed by atoms with Crippen molar-refractivity contribution < 1.29 is 4.79 Å². The molecule has 2 unspecified atom stereocenters. The van der Waals surface area contributed by atoms with Crippen LogP contribution >= 0.6 is 0 Å². The number of hydrogen-bond donors (Lipinski definition) is 1. The fourth-order valence-corrected chi connectivity index (χ4v) is 6.09. The van der Waals surface area contributed by atoms with Crippen molar-refractivity contribution in [2.45, 2.75) is 17.8 Å². The SMILES string of the molecule is CN1CCN(c2ccc(-c3n[nH]c4cc(C5CC56C(=O)N(C)c5ccccc56)ccc34)cn2)CC1. The molecule has 1 saturated heterocycles. The van der Waals surface area contributed by atoms with E-state index < -0.39 is 5.41 Å². The smallest absolute Gasteiger partial charge is 0.238 e. The fraction of sp³-hybridized carbons (Fsp3) is 0.321. The number of amides is 1. The first-order valence-corrected chi connectivity index (χ1v) is 12.3. The molecular formula is C28H28N6O. The average Bonchev–Trinajstić information content (AvgIpc) is 3.46. The maximum absolute atomic E-state index is 13.2. The minimum atomic E-state index is -0.412. The molecule has 7 nitrogen and oxygen atoms in total. The first-order chi connectivity index (χ1) is 17.1. The molecule has 1 spiro atoms. The van der Waals surface area contributed by atoms with Crippen LogP contribution in [0.3, 0.4) is 0 Å². The summed E-state index contributed by atoms with van der Waals surface area (Å²) in [6.45, 7) is 4.13. The molecule has 2 aliphatic heterocycles. The summed E-state index contributed by atoms with van der Waals surface area (Å²) in [7, 11) is 4.05. The number of carbonyl (C=O) groups excluding carboxylic acids is 1. The number of aromatic nitrogens is 3. The van der Waals surface area contributed by atoms with Crippen molar-refractivity contribution in [2.75, 3.05) is 50.1 Å². The Morgan fingerprint density at radius 3 is 2.63 bits per heavy atom. The summed E-state index contributed by atoms with van der Waals surface area (Å²) in [5.74, 6) is 1.43. The summed E-state index contributed by atoms with van der Waals surface area (Å²) in [6.07, 6.45) is 2.79. The lowest BCUT2D eigenvalue weighted by Crippen LogP contribution is -2.44. The van der Waals surface area contributed by atoms with E-state index in [1.165, 1.54) is 5.56 Å². The first-order valence-electron chi connectivity index (χ1n) is 12.3. The van der Waals surface area contributed by atoms with Gasteiger partial charge in [0.2, 0.25) is 5.91 Å². The van der Waals surface area contributed by atoms with Gasteiger partial charge in [-0.15, -0.1) is 0 Å². The van der Waals surface area contributed by atoms with E-state index in [1.807, 2.05) is 36.3 Å². The van der Waals surface area contributed by atoms with Gasteiger partial charge in [-0.3, -0.25) is 9.89 Å². The number of fused-ring (bicyclic) bond motifs is 3. The Balaban J connectivity index is 1.17. The number of rotatable bonds is 3. The molecule has 1 aliphatic carbocycles. The summed E-state index contributed by atoms with van der Waals surface area (Å²) >= 11 is 0. The number of aromatic amines is 1. The minimum Gasteiger partial charge on any atom is -0.354 e. The van der Waals surface area contributed by atoms with Crippen molar-refractivity contribution in [2.24, 2.45) is 0 Å². The van der Waals surface area contributed by atoms with Gasteiger partial charge in [-0.05, 0) is 48.9 Å². The molecule has 1 saturated carbocycles. The second-order valence-corrected chi connectivity index (χ2v) is 10.2. The first kappa shape index (κ1) is 20.6. The number of para-hydroxylation sites is 1. The molecule has 2 aromatic heterocycles. The Hall–Kier alpha value is -3.71. The van der Waals surface area contributed by atoms with Crippen molar-refractivity contribution in [1.29, 1.82) is 0 Å². The summed E-state index contributed by atoms with van der Waals surface area (Å²) in [5, 5.41) is 8.93. The van der Waals surface area contributed by atoms with Gasteiger partial charge < -0.3 is 14.7 Å². The zero-order valence-corrected chi connectivity index (χ0v) is 20.0. The third-order valence-corrected chi connectivity index (χ3v) is 8.23. The lowest BCUT2D eigenvalue weighted by Gasteiger charge is -2.33. The number of anilines is 2. The van der Waals surface area contributed by atoms with Gasteiger partial charge in [-0.25, -0.2) is 4.98 Å². The highest BCUT2D eigenvalue weighted by molar-refractivity contribution is 6.11. The summed E-state index contributed by atoms with van der Waals surface area (Å²) in [6, 6.07) is 18.9. The van der Waals surface area contributed by atoms with Crippen LogP contribution in [-0.4, -0.2) is 66.3 Å². The number of likely N-dealkylation sites (N-methyl/N-ethyl adjacent to an activating group) is 2. The van der Waals surface area contributed by atoms with Crippen LogP contribution < -0.4 is 9.80 Å². The van der Waals surface area contributed by atoms with Crippen molar-refractivity contribution in [3.63, 3.8) is 0 Å². The van der Waals surface area contributed by atoms with E-state index in [0.717, 1.165) is 71.8 Å². The molecule has 2 atom stereocenters. The molecule has 1 N–H and O–H groups in total. The third kappa shape index (κ3) is 2.97. The quantitative estimate of drug-likeness (QED) is 0.500. The lowest BCUT2D eigenvalue weighted by atomic mass is 9.91. The Labute approximate surface area is 204 Å². The topological polar surface area (TPSA) is 68.4 Å². The van der Waals surface area contributed by atoms with Crippen molar-refractivity contribution in [1.82, 2.24) is 20.1 Å². The average molecular weight is 465 g/mol. The molecule has 4 heterocycles. The van der Waals surface area contributed by atoms with Gasteiger partial charge in [-0.1, -0.05) is 30.3 Å². The zero-order chi connectivity index (χ0) is 23.7. The van der Waals surface area contributed by atoms with Crippen LogP contribution in [0.15, 0.2) is 60.8 Å². The van der Waals surface area contributed by atoms with Crippen LogP contribution in [0.25, 0.3) is 22.2 Å². The Kier molecular flexibility index (Phi) is 4.36. The van der Waals surface area contributed by atoms with Crippen molar-refractivity contribution in [3.05, 3.63) is 71.9 Å². The molecule has 35 heavy (non-hydrogen) atoms. The van der Waals surface area contributed by atoms with E-state index in [1.54, 1.807) is 0 Å². The maximum atomic E-state index is 13.2. The molecule has 2 aromatic carbocycles. The highest BCUT2D eigenvalue weighted by Gasteiger charge is 2.66. The largest absolute Gasteiger partial charge is 0.354 e. The van der Waals surface area contributed by atoms with Crippen molar-refractivity contribution in [3.8, 4) is 11.3 Å². The van der Waals surface area contributed by atoms with E-state index in [2.05, 4.69) is 63.4 Å². The van der Waals surface area contributed by atoms with Gasteiger partial charge in [0.1, 0.15) is 11.5 Å². The van der Waals surface area contributed by atoms with Gasteiger partial charge in [0.05, 0.1) is 10.9 Å². The monoisotopic (exact) mass is 464 g/mol. The lowest BCUT2D eigenvalue weighted by molar-refractivity contribution is -0.120. The Bertz CT molecular complexity index is 1450. The zero-order valence-electron chi connectivity index (χ0n) is 20.0. The van der Waals surface area contributed by atoms with Crippen LogP contribution in [0.2, 0.25) is 0 Å². The van der Waals surface area contributed by atoms with Crippen LogP contribution in [0.1, 0.15) is 23.5 Å². The molecule has 7 heteroatoms. The number of benzene rings is 2. The molecule has 176 valence electrons. The number of pyridine rings is 1. The van der Waals surface area contributed by atoms with Crippen LogP contribution in [0.5, 0.6) is 0 Å². The van der Waals surface area contributed by atoms with Gasteiger partial charge in [0, 0.05) is 62.0 Å². The molecule has 0 bridgehead atoms.